The number of aliphatic hydroxyl groups excluding tert-OH is 1. The second-order valence-electron chi connectivity index (χ2n) is 4.30. The fourth-order valence-corrected chi connectivity index (χ4v) is 2.50. The quantitative estimate of drug-likeness (QED) is 0.879. The highest BCUT2D eigenvalue weighted by Crippen LogP contribution is 2.20. The number of rotatable bonds is 5. The van der Waals surface area contributed by atoms with Gasteiger partial charge in [0.25, 0.3) is 0 Å². The first kappa shape index (κ1) is 14.4. The van der Waals surface area contributed by atoms with Crippen molar-refractivity contribution in [1.82, 2.24) is 5.32 Å². The predicted molar refractivity (Wildman–Crippen MR) is 79.6 cm³/mol. The number of aliphatic hydroxyl groups is 1. The molecule has 0 aliphatic rings. The van der Waals surface area contributed by atoms with Crippen molar-refractivity contribution in [3.63, 3.8) is 0 Å². The van der Waals surface area contributed by atoms with E-state index in [1.54, 1.807) is 6.07 Å². The molecule has 4 heteroatoms. The van der Waals surface area contributed by atoms with Crippen LogP contribution in [0.25, 0.3) is 0 Å². The van der Waals surface area contributed by atoms with Crippen molar-refractivity contribution in [2.75, 3.05) is 6.61 Å². The molecule has 2 aromatic rings. The molecule has 0 fully saturated rings. The molecule has 0 saturated carbocycles. The van der Waals surface area contributed by atoms with E-state index < -0.39 is 0 Å². The summed E-state index contributed by atoms with van der Waals surface area (Å²) in [5.41, 5.74) is 2.05. The van der Waals surface area contributed by atoms with E-state index in [0.717, 1.165) is 11.1 Å². The highest BCUT2D eigenvalue weighted by molar-refractivity contribution is 6.34. The lowest BCUT2D eigenvalue weighted by Crippen LogP contribution is -2.23. The number of hydrogen-bond donors (Lipinski definition) is 2. The molecule has 0 aromatic heterocycles. The van der Waals surface area contributed by atoms with E-state index in [2.05, 4.69) is 5.32 Å². The molecule has 0 radical (unpaired) electrons. The summed E-state index contributed by atoms with van der Waals surface area (Å²) in [6.07, 6.45) is 0. The van der Waals surface area contributed by atoms with Gasteiger partial charge in [-0.05, 0) is 29.3 Å². The summed E-state index contributed by atoms with van der Waals surface area (Å²) in [5.74, 6) is 0. The maximum absolute atomic E-state index is 9.45. The zero-order valence-electron chi connectivity index (χ0n) is 10.3. The molecule has 0 aliphatic carbocycles. The van der Waals surface area contributed by atoms with Crippen molar-refractivity contribution in [3.05, 3.63) is 69.7 Å². The van der Waals surface area contributed by atoms with Crippen molar-refractivity contribution < 1.29 is 5.11 Å². The Bertz CT molecular complexity index is 511. The Morgan fingerprint density at radius 1 is 1.00 bits per heavy atom. The van der Waals surface area contributed by atoms with Crippen molar-refractivity contribution in [1.29, 1.82) is 0 Å². The van der Waals surface area contributed by atoms with E-state index in [0.29, 0.717) is 16.6 Å². The summed E-state index contributed by atoms with van der Waals surface area (Å²) in [5, 5.41) is 14.0. The van der Waals surface area contributed by atoms with Gasteiger partial charge in [0.2, 0.25) is 0 Å². The first-order valence-electron chi connectivity index (χ1n) is 6.03. The van der Waals surface area contributed by atoms with E-state index in [1.807, 2.05) is 42.5 Å². The van der Waals surface area contributed by atoms with Gasteiger partial charge in [-0.15, -0.1) is 0 Å². The molecule has 0 bridgehead atoms. The van der Waals surface area contributed by atoms with Crippen LogP contribution >= 0.6 is 23.2 Å². The van der Waals surface area contributed by atoms with Gasteiger partial charge in [-0.1, -0.05) is 53.5 Å². The molecule has 0 aliphatic heterocycles. The van der Waals surface area contributed by atoms with Crippen LogP contribution < -0.4 is 5.32 Å². The molecule has 19 heavy (non-hydrogen) atoms. The Morgan fingerprint density at radius 2 is 1.63 bits per heavy atom. The molecule has 2 nitrogen and oxygen atoms in total. The van der Waals surface area contributed by atoms with Crippen LogP contribution in [0.1, 0.15) is 17.2 Å². The van der Waals surface area contributed by atoms with Crippen LogP contribution in [0.15, 0.2) is 48.5 Å². The van der Waals surface area contributed by atoms with Crippen LogP contribution in [0.3, 0.4) is 0 Å². The summed E-state index contributed by atoms with van der Waals surface area (Å²) in [4.78, 5) is 0. The summed E-state index contributed by atoms with van der Waals surface area (Å²) < 4.78 is 0. The van der Waals surface area contributed by atoms with Crippen molar-refractivity contribution in [3.8, 4) is 0 Å². The third kappa shape index (κ3) is 4.22. The van der Waals surface area contributed by atoms with Gasteiger partial charge in [-0.3, -0.25) is 0 Å². The summed E-state index contributed by atoms with van der Waals surface area (Å²) in [6.45, 7) is 0.638. The lowest BCUT2D eigenvalue weighted by molar-refractivity contribution is 0.243. The monoisotopic (exact) mass is 295 g/mol. The second-order valence-corrected chi connectivity index (χ2v) is 5.18. The van der Waals surface area contributed by atoms with Gasteiger partial charge >= 0.3 is 0 Å². The van der Waals surface area contributed by atoms with Crippen molar-refractivity contribution in [2.45, 2.75) is 12.6 Å². The minimum Gasteiger partial charge on any atom is -0.394 e. The van der Waals surface area contributed by atoms with Gasteiger partial charge < -0.3 is 10.4 Å². The SMILES string of the molecule is OCC(NCc1cc(Cl)cc(Cl)c1)c1ccccc1. The van der Waals surface area contributed by atoms with Gasteiger partial charge in [0.15, 0.2) is 0 Å². The van der Waals surface area contributed by atoms with Crippen LogP contribution in [0.2, 0.25) is 10.0 Å². The second kappa shape index (κ2) is 6.92. The Kier molecular flexibility index (Phi) is 5.23. The molecule has 0 spiro atoms. The maximum Gasteiger partial charge on any atom is 0.0626 e. The molecule has 0 saturated heterocycles. The third-order valence-corrected chi connectivity index (χ3v) is 3.30. The van der Waals surface area contributed by atoms with E-state index in [4.69, 9.17) is 23.2 Å². The van der Waals surface area contributed by atoms with Gasteiger partial charge in [-0.25, -0.2) is 0 Å². The first-order chi connectivity index (χ1) is 9.19. The molecule has 2 rings (SSSR count). The number of nitrogens with one attached hydrogen (secondary N) is 1. The maximum atomic E-state index is 9.45. The standard InChI is InChI=1S/C15H15Cl2NO/c16-13-6-11(7-14(17)8-13)9-18-15(10-19)12-4-2-1-3-5-12/h1-8,15,18-19H,9-10H2. The van der Waals surface area contributed by atoms with Crippen LogP contribution in [-0.2, 0) is 6.54 Å². The highest BCUT2D eigenvalue weighted by Gasteiger charge is 2.09. The molecule has 0 heterocycles. The van der Waals surface area contributed by atoms with Crippen molar-refractivity contribution >= 4 is 23.2 Å². The van der Waals surface area contributed by atoms with E-state index in [9.17, 15) is 5.11 Å². The molecule has 1 atom stereocenters. The van der Waals surface area contributed by atoms with Crippen LogP contribution in [0, 0.1) is 0 Å². The summed E-state index contributed by atoms with van der Waals surface area (Å²) in [6, 6.07) is 15.2. The summed E-state index contributed by atoms with van der Waals surface area (Å²) in [7, 11) is 0. The first-order valence-corrected chi connectivity index (χ1v) is 6.79. The van der Waals surface area contributed by atoms with Gasteiger partial charge in [-0.2, -0.15) is 0 Å². The molecule has 2 aromatic carbocycles. The average Bonchev–Trinajstić information content (AvgIpc) is 2.39. The topological polar surface area (TPSA) is 32.3 Å². The third-order valence-electron chi connectivity index (χ3n) is 2.86. The number of halogens is 2. The summed E-state index contributed by atoms with van der Waals surface area (Å²) >= 11 is 11.9. The van der Waals surface area contributed by atoms with Gasteiger partial charge in [0, 0.05) is 16.6 Å². The van der Waals surface area contributed by atoms with Crippen LogP contribution in [0.4, 0.5) is 0 Å². The lowest BCUT2D eigenvalue weighted by atomic mass is 10.1. The zero-order chi connectivity index (χ0) is 13.7. The smallest absolute Gasteiger partial charge is 0.0626 e. The fraction of sp³-hybridized carbons (Fsp3) is 0.200. The molecule has 2 N–H and O–H groups in total. The Balaban J connectivity index is 2.04. The van der Waals surface area contributed by atoms with Gasteiger partial charge in [0.05, 0.1) is 12.6 Å². The molecule has 0 amide bonds. The number of benzene rings is 2. The van der Waals surface area contributed by atoms with E-state index in [1.165, 1.54) is 0 Å². The van der Waals surface area contributed by atoms with Crippen LogP contribution in [0.5, 0.6) is 0 Å². The molecular formula is C15H15Cl2NO. The van der Waals surface area contributed by atoms with Crippen molar-refractivity contribution in [2.24, 2.45) is 0 Å². The molecule has 100 valence electrons. The largest absolute Gasteiger partial charge is 0.394 e. The average molecular weight is 296 g/mol. The minimum absolute atomic E-state index is 0.0400. The van der Waals surface area contributed by atoms with Gasteiger partial charge in [0.1, 0.15) is 0 Å². The Morgan fingerprint density at radius 3 is 2.21 bits per heavy atom. The number of hydrogen-bond acceptors (Lipinski definition) is 2. The Labute approximate surface area is 123 Å². The predicted octanol–water partition coefficient (Wildman–Crippen LogP) is 3.82. The lowest BCUT2D eigenvalue weighted by Gasteiger charge is -2.17. The zero-order valence-corrected chi connectivity index (χ0v) is 11.8. The van der Waals surface area contributed by atoms with E-state index >= 15 is 0 Å². The Hall–Kier alpha value is -1.06. The molecular weight excluding hydrogens is 281 g/mol. The highest BCUT2D eigenvalue weighted by atomic mass is 35.5. The fourth-order valence-electron chi connectivity index (χ4n) is 1.93. The minimum atomic E-state index is -0.0982. The normalized spacial score (nSPS) is 12.4. The van der Waals surface area contributed by atoms with Crippen LogP contribution in [-0.4, -0.2) is 11.7 Å². The van der Waals surface area contributed by atoms with E-state index in [-0.39, 0.29) is 12.6 Å². The molecule has 1 unspecified atom stereocenters.